The van der Waals surface area contributed by atoms with E-state index in [0.29, 0.717) is 6.54 Å². The Hall–Kier alpha value is -2.14. The average Bonchev–Trinajstić information content (AvgIpc) is 3.00. The lowest BCUT2D eigenvalue weighted by Gasteiger charge is -2.25. The Bertz CT molecular complexity index is 792. The molecule has 2 atom stereocenters. The summed E-state index contributed by atoms with van der Waals surface area (Å²) in [6, 6.07) is 15.6. The number of amides is 2. The Morgan fingerprint density at radius 2 is 1.96 bits per heavy atom. The largest absolute Gasteiger partial charge is 0.335 e. The summed E-state index contributed by atoms with van der Waals surface area (Å²) in [5, 5.41) is 2.93. The minimum absolute atomic E-state index is 0.0265. The fourth-order valence-corrected chi connectivity index (χ4v) is 3.41. The van der Waals surface area contributed by atoms with Gasteiger partial charge in [0.2, 0.25) is 11.8 Å². The van der Waals surface area contributed by atoms with E-state index in [2.05, 4.69) is 21.2 Å². The van der Waals surface area contributed by atoms with Crippen molar-refractivity contribution < 1.29 is 9.59 Å². The minimum atomic E-state index is -0.317. The van der Waals surface area contributed by atoms with E-state index in [1.165, 1.54) is 0 Å². The van der Waals surface area contributed by atoms with Crippen molar-refractivity contribution in [3.8, 4) is 0 Å². The second-order valence-corrected chi connectivity index (χ2v) is 7.34. The van der Waals surface area contributed by atoms with Crippen molar-refractivity contribution in [3.05, 3.63) is 64.1 Å². The number of nitrogens with zero attached hydrogens (tertiary/aromatic N) is 1. The molecule has 0 aliphatic carbocycles. The average molecular weight is 401 g/mol. The molecular formula is C20H21BrN2O2. The lowest BCUT2D eigenvalue weighted by atomic mass is 10.1. The van der Waals surface area contributed by atoms with E-state index in [4.69, 9.17) is 0 Å². The number of carbonyl (C=O) groups excluding carboxylic acids is 2. The summed E-state index contributed by atoms with van der Waals surface area (Å²) < 4.78 is 1.00. The van der Waals surface area contributed by atoms with Gasteiger partial charge in [0.15, 0.2) is 0 Å². The van der Waals surface area contributed by atoms with Crippen LogP contribution in [0.25, 0.3) is 0 Å². The number of anilines is 1. The molecule has 130 valence electrons. The van der Waals surface area contributed by atoms with Gasteiger partial charge in [0, 0.05) is 23.1 Å². The molecule has 0 aromatic heterocycles. The van der Waals surface area contributed by atoms with Crippen molar-refractivity contribution in [2.45, 2.75) is 26.3 Å². The SMILES string of the molecule is Cc1cc(NC(=O)[C@H]2CC(=O)N([C@H](C)c3ccccc3)C2)ccc1Br. The van der Waals surface area contributed by atoms with Crippen LogP contribution in [0.15, 0.2) is 53.0 Å². The third kappa shape index (κ3) is 3.93. The van der Waals surface area contributed by atoms with E-state index in [1.807, 2.05) is 62.4 Å². The zero-order valence-electron chi connectivity index (χ0n) is 14.3. The number of rotatable bonds is 4. The number of hydrogen-bond acceptors (Lipinski definition) is 2. The van der Waals surface area contributed by atoms with Crippen LogP contribution < -0.4 is 5.32 Å². The molecule has 1 fully saturated rings. The fraction of sp³-hybridized carbons (Fsp3) is 0.300. The topological polar surface area (TPSA) is 49.4 Å². The first-order valence-corrected chi connectivity index (χ1v) is 9.16. The molecule has 25 heavy (non-hydrogen) atoms. The van der Waals surface area contributed by atoms with Gasteiger partial charge in [-0.2, -0.15) is 0 Å². The van der Waals surface area contributed by atoms with Gasteiger partial charge in [0.1, 0.15) is 0 Å². The minimum Gasteiger partial charge on any atom is -0.335 e. The molecule has 1 heterocycles. The number of likely N-dealkylation sites (tertiary alicyclic amines) is 1. The number of nitrogens with one attached hydrogen (secondary N) is 1. The molecule has 0 radical (unpaired) electrons. The van der Waals surface area contributed by atoms with Crippen LogP contribution in [-0.4, -0.2) is 23.3 Å². The van der Waals surface area contributed by atoms with Crippen molar-refractivity contribution in [2.75, 3.05) is 11.9 Å². The molecule has 0 bridgehead atoms. The predicted molar refractivity (Wildman–Crippen MR) is 102 cm³/mol. The van der Waals surface area contributed by atoms with E-state index in [9.17, 15) is 9.59 Å². The number of hydrogen-bond donors (Lipinski definition) is 1. The Morgan fingerprint density at radius 1 is 1.24 bits per heavy atom. The van der Waals surface area contributed by atoms with Crippen LogP contribution >= 0.6 is 15.9 Å². The summed E-state index contributed by atoms with van der Waals surface area (Å²) >= 11 is 3.45. The smallest absolute Gasteiger partial charge is 0.229 e. The van der Waals surface area contributed by atoms with E-state index in [-0.39, 0.29) is 30.2 Å². The van der Waals surface area contributed by atoms with Crippen molar-refractivity contribution in [1.82, 2.24) is 4.90 Å². The summed E-state index contributed by atoms with van der Waals surface area (Å²) in [5.41, 5.74) is 2.90. The molecule has 1 saturated heterocycles. The second-order valence-electron chi connectivity index (χ2n) is 6.49. The molecular weight excluding hydrogens is 380 g/mol. The molecule has 0 unspecified atom stereocenters. The van der Waals surface area contributed by atoms with Crippen molar-refractivity contribution in [2.24, 2.45) is 5.92 Å². The molecule has 1 N–H and O–H groups in total. The molecule has 2 amide bonds. The maximum atomic E-state index is 12.6. The number of halogens is 1. The highest BCUT2D eigenvalue weighted by Crippen LogP contribution is 2.29. The third-order valence-corrected chi connectivity index (χ3v) is 5.59. The predicted octanol–water partition coefficient (Wildman–Crippen LogP) is 4.31. The standard InChI is InChI=1S/C20H21BrN2O2/c1-13-10-17(8-9-18(13)21)22-20(25)16-11-19(24)23(12-16)14(2)15-6-4-3-5-7-15/h3-10,14,16H,11-12H2,1-2H3,(H,22,25)/t14-,16+/m1/s1. The van der Waals surface area contributed by atoms with Gasteiger partial charge in [-0.25, -0.2) is 0 Å². The number of aryl methyl sites for hydroxylation is 1. The van der Waals surface area contributed by atoms with Gasteiger partial charge in [-0.15, -0.1) is 0 Å². The molecule has 2 aromatic rings. The second kappa shape index (κ2) is 7.40. The highest BCUT2D eigenvalue weighted by molar-refractivity contribution is 9.10. The normalized spacial score (nSPS) is 18.3. The summed E-state index contributed by atoms with van der Waals surface area (Å²) in [7, 11) is 0. The van der Waals surface area contributed by atoms with Crippen molar-refractivity contribution >= 4 is 33.4 Å². The maximum absolute atomic E-state index is 12.6. The Kier molecular flexibility index (Phi) is 5.23. The Labute approximate surface area is 156 Å². The first-order chi connectivity index (χ1) is 12.0. The van der Waals surface area contributed by atoms with E-state index in [1.54, 1.807) is 4.90 Å². The van der Waals surface area contributed by atoms with Crippen LogP contribution in [0.1, 0.15) is 30.5 Å². The lowest BCUT2D eigenvalue weighted by Crippen LogP contribution is -2.30. The van der Waals surface area contributed by atoms with Gasteiger partial charge < -0.3 is 10.2 Å². The highest BCUT2D eigenvalue weighted by Gasteiger charge is 2.37. The van der Waals surface area contributed by atoms with Gasteiger partial charge in [-0.1, -0.05) is 46.3 Å². The monoisotopic (exact) mass is 400 g/mol. The van der Waals surface area contributed by atoms with Gasteiger partial charge in [-0.3, -0.25) is 9.59 Å². The molecule has 3 rings (SSSR count). The third-order valence-electron chi connectivity index (χ3n) is 4.70. The first kappa shape index (κ1) is 17.7. The Balaban J connectivity index is 1.67. The van der Waals surface area contributed by atoms with E-state index >= 15 is 0 Å². The quantitative estimate of drug-likeness (QED) is 0.830. The van der Waals surface area contributed by atoms with Crippen LogP contribution in [0.3, 0.4) is 0 Å². The number of carbonyl (C=O) groups is 2. The van der Waals surface area contributed by atoms with Crippen LogP contribution in [0, 0.1) is 12.8 Å². The van der Waals surface area contributed by atoms with Crippen LogP contribution in [-0.2, 0) is 9.59 Å². The summed E-state index contributed by atoms with van der Waals surface area (Å²) in [6.45, 7) is 4.43. The first-order valence-electron chi connectivity index (χ1n) is 8.37. The zero-order chi connectivity index (χ0) is 18.0. The van der Waals surface area contributed by atoms with Gasteiger partial charge in [-0.05, 0) is 43.2 Å². The van der Waals surface area contributed by atoms with Gasteiger partial charge in [0.25, 0.3) is 0 Å². The van der Waals surface area contributed by atoms with Gasteiger partial charge >= 0.3 is 0 Å². The van der Waals surface area contributed by atoms with E-state index in [0.717, 1.165) is 21.3 Å². The van der Waals surface area contributed by atoms with Crippen molar-refractivity contribution in [3.63, 3.8) is 0 Å². The molecule has 0 saturated carbocycles. The summed E-state index contributed by atoms with van der Waals surface area (Å²) in [5.74, 6) is -0.385. The molecule has 5 heteroatoms. The van der Waals surface area contributed by atoms with Crippen LogP contribution in [0.4, 0.5) is 5.69 Å². The Morgan fingerprint density at radius 3 is 2.64 bits per heavy atom. The number of benzene rings is 2. The lowest BCUT2D eigenvalue weighted by molar-refractivity contribution is -0.129. The molecule has 1 aliphatic heterocycles. The molecule has 4 nitrogen and oxygen atoms in total. The fourth-order valence-electron chi connectivity index (χ4n) is 3.16. The zero-order valence-corrected chi connectivity index (χ0v) is 15.9. The maximum Gasteiger partial charge on any atom is 0.229 e. The molecule has 0 spiro atoms. The highest BCUT2D eigenvalue weighted by atomic mass is 79.9. The van der Waals surface area contributed by atoms with Crippen LogP contribution in [0.5, 0.6) is 0 Å². The summed E-state index contributed by atoms with van der Waals surface area (Å²) in [4.78, 5) is 26.8. The van der Waals surface area contributed by atoms with Crippen molar-refractivity contribution in [1.29, 1.82) is 0 Å². The summed E-state index contributed by atoms with van der Waals surface area (Å²) in [6.07, 6.45) is 0.262. The van der Waals surface area contributed by atoms with Gasteiger partial charge in [0.05, 0.1) is 12.0 Å². The van der Waals surface area contributed by atoms with E-state index < -0.39 is 0 Å². The van der Waals surface area contributed by atoms with Crippen LogP contribution in [0.2, 0.25) is 0 Å². The molecule has 2 aromatic carbocycles. The molecule has 1 aliphatic rings.